The molecular weight excluding hydrogens is 390 g/mol. The maximum atomic E-state index is 12.6. The lowest BCUT2D eigenvalue weighted by atomic mass is 10.1. The van der Waals surface area contributed by atoms with Gasteiger partial charge in [-0.2, -0.15) is 0 Å². The average molecular weight is 409 g/mol. The molecule has 2 aromatic carbocycles. The quantitative estimate of drug-likeness (QED) is 0.628. The minimum absolute atomic E-state index is 0.405. The highest BCUT2D eigenvalue weighted by atomic mass is 32.1. The molecule has 4 rings (SSSR count). The Morgan fingerprint density at radius 3 is 2.79 bits per heavy atom. The van der Waals surface area contributed by atoms with Gasteiger partial charge in [-0.3, -0.25) is 4.79 Å². The molecule has 2 heterocycles. The van der Waals surface area contributed by atoms with Crippen LogP contribution in [0.5, 0.6) is 11.5 Å². The summed E-state index contributed by atoms with van der Waals surface area (Å²) in [4.78, 5) is 26.4. The number of anilines is 1. The Morgan fingerprint density at radius 1 is 1.14 bits per heavy atom. The molecule has 1 N–H and O–H groups in total. The Hall–Kier alpha value is -3.32. The molecular formula is C22H19NO5S. The van der Waals surface area contributed by atoms with Crippen LogP contribution in [0.15, 0.2) is 54.6 Å². The van der Waals surface area contributed by atoms with Gasteiger partial charge in [0.15, 0.2) is 6.10 Å². The number of para-hydroxylation sites is 1. The fourth-order valence-corrected chi connectivity index (χ4v) is 4.10. The van der Waals surface area contributed by atoms with Crippen molar-refractivity contribution in [1.82, 2.24) is 0 Å². The van der Waals surface area contributed by atoms with Gasteiger partial charge >= 0.3 is 5.97 Å². The number of carbonyl (C=O) groups is 2. The molecule has 0 bridgehead atoms. The van der Waals surface area contributed by atoms with Crippen LogP contribution in [-0.2, 0) is 16.1 Å². The van der Waals surface area contributed by atoms with Gasteiger partial charge in [0.1, 0.15) is 23.0 Å². The van der Waals surface area contributed by atoms with Gasteiger partial charge in [0.05, 0.1) is 7.11 Å². The molecule has 7 heteroatoms. The molecule has 0 saturated heterocycles. The summed E-state index contributed by atoms with van der Waals surface area (Å²) >= 11 is 1.35. The lowest BCUT2D eigenvalue weighted by Crippen LogP contribution is -2.29. The van der Waals surface area contributed by atoms with Gasteiger partial charge in [-0.25, -0.2) is 4.79 Å². The molecule has 1 atom stereocenters. The summed E-state index contributed by atoms with van der Waals surface area (Å²) in [5, 5.41) is 2.72. The molecule has 0 spiro atoms. The second kappa shape index (κ2) is 7.97. The maximum Gasteiger partial charge on any atom is 0.349 e. The van der Waals surface area contributed by atoms with Crippen LogP contribution in [0, 0.1) is 0 Å². The van der Waals surface area contributed by atoms with Gasteiger partial charge in [-0.05, 0) is 37.3 Å². The molecule has 148 valence electrons. The van der Waals surface area contributed by atoms with E-state index in [1.165, 1.54) is 11.3 Å². The number of methoxy groups -OCH3 is 1. The second-order valence-corrected chi connectivity index (χ2v) is 7.57. The summed E-state index contributed by atoms with van der Waals surface area (Å²) in [7, 11) is 1.55. The highest BCUT2D eigenvalue weighted by molar-refractivity contribution is 7.17. The number of hydrogen-bond acceptors (Lipinski definition) is 6. The SMILES string of the molecule is COc1cccc(NC(=O)[C@H](C)OC(=O)c2cc3c(s2)-c2ccccc2OC3)c1. The van der Waals surface area contributed by atoms with Crippen LogP contribution >= 0.6 is 11.3 Å². The number of fused-ring (bicyclic) bond motifs is 3. The van der Waals surface area contributed by atoms with E-state index < -0.39 is 18.0 Å². The summed E-state index contributed by atoms with van der Waals surface area (Å²) in [5.41, 5.74) is 2.47. The Kier molecular flexibility index (Phi) is 5.22. The third-order valence-electron chi connectivity index (χ3n) is 4.52. The summed E-state index contributed by atoms with van der Waals surface area (Å²) in [6.07, 6.45) is -0.948. The standard InChI is InChI=1S/C22H19NO5S/c1-13(21(24)23-15-6-5-7-16(11-15)26-2)28-22(25)19-10-14-12-27-18-9-4-3-8-17(18)20(14)29-19/h3-11,13H,12H2,1-2H3,(H,23,24)/t13-/m0/s1. The van der Waals surface area contributed by atoms with Gasteiger partial charge in [-0.15, -0.1) is 11.3 Å². The number of benzene rings is 2. The van der Waals surface area contributed by atoms with E-state index in [9.17, 15) is 9.59 Å². The van der Waals surface area contributed by atoms with Crippen molar-refractivity contribution in [3.8, 4) is 21.9 Å². The van der Waals surface area contributed by atoms with Crippen molar-refractivity contribution < 1.29 is 23.8 Å². The zero-order valence-corrected chi connectivity index (χ0v) is 16.7. The highest BCUT2D eigenvalue weighted by Crippen LogP contribution is 2.42. The first-order chi connectivity index (χ1) is 14.0. The number of nitrogens with one attached hydrogen (secondary N) is 1. The van der Waals surface area contributed by atoms with Crippen molar-refractivity contribution in [2.24, 2.45) is 0 Å². The number of carbonyl (C=O) groups excluding carboxylic acids is 2. The van der Waals surface area contributed by atoms with Crippen molar-refractivity contribution in [1.29, 1.82) is 0 Å². The van der Waals surface area contributed by atoms with Crippen LogP contribution in [0.2, 0.25) is 0 Å². The Morgan fingerprint density at radius 2 is 1.97 bits per heavy atom. The normalized spacial score (nSPS) is 12.8. The molecule has 1 amide bonds. The van der Waals surface area contributed by atoms with Gasteiger partial charge in [0.25, 0.3) is 5.91 Å². The van der Waals surface area contributed by atoms with E-state index in [0.717, 1.165) is 21.8 Å². The largest absolute Gasteiger partial charge is 0.497 e. The fourth-order valence-electron chi connectivity index (χ4n) is 3.02. The van der Waals surface area contributed by atoms with Gasteiger partial charge in [0.2, 0.25) is 0 Å². The Balaban J connectivity index is 1.44. The molecule has 0 aliphatic carbocycles. The lowest BCUT2D eigenvalue weighted by molar-refractivity contribution is -0.123. The highest BCUT2D eigenvalue weighted by Gasteiger charge is 2.25. The summed E-state index contributed by atoms with van der Waals surface area (Å²) in [6, 6.07) is 16.4. The summed E-state index contributed by atoms with van der Waals surface area (Å²) in [5.74, 6) is 0.476. The van der Waals surface area contributed by atoms with E-state index in [-0.39, 0.29) is 0 Å². The molecule has 1 aliphatic rings. The predicted molar refractivity (Wildman–Crippen MR) is 111 cm³/mol. The molecule has 6 nitrogen and oxygen atoms in total. The summed E-state index contributed by atoms with van der Waals surface area (Å²) in [6.45, 7) is 1.95. The number of ether oxygens (including phenoxy) is 3. The van der Waals surface area contributed by atoms with E-state index in [0.29, 0.717) is 22.9 Å². The molecule has 1 aliphatic heterocycles. The molecule has 1 aromatic heterocycles. The third-order valence-corrected chi connectivity index (χ3v) is 5.71. The van der Waals surface area contributed by atoms with Crippen LogP contribution in [0.3, 0.4) is 0 Å². The number of thiophene rings is 1. The smallest absolute Gasteiger partial charge is 0.349 e. The van der Waals surface area contributed by atoms with Crippen molar-refractivity contribution in [2.45, 2.75) is 19.6 Å². The molecule has 0 fully saturated rings. The van der Waals surface area contributed by atoms with Crippen LogP contribution in [0.25, 0.3) is 10.4 Å². The zero-order valence-electron chi connectivity index (χ0n) is 15.9. The minimum atomic E-state index is -0.948. The molecule has 3 aromatic rings. The summed E-state index contributed by atoms with van der Waals surface area (Å²) < 4.78 is 16.2. The third kappa shape index (κ3) is 3.95. The average Bonchev–Trinajstić information content (AvgIpc) is 3.19. The van der Waals surface area contributed by atoms with E-state index in [1.807, 2.05) is 24.3 Å². The van der Waals surface area contributed by atoms with Gasteiger partial charge in [-0.1, -0.05) is 18.2 Å². The van der Waals surface area contributed by atoms with Gasteiger partial charge in [0, 0.05) is 27.8 Å². The zero-order chi connectivity index (χ0) is 20.4. The Labute approximate surface area is 172 Å². The Bertz CT molecular complexity index is 1070. The van der Waals surface area contributed by atoms with E-state index in [2.05, 4.69) is 5.32 Å². The first-order valence-electron chi connectivity index (χ1n) is 9.06. The predicted octanol–water partition coefficient (Wildman–Crippen LogP) is 4.50. The lowest BCUT2D eigenvalue weighted by Gasteiger charge is -2.16. The van der Waals surface area contributed by atoms with E-state index in [4.69, 9.17) is 14.2 Å². The van der Waals surface area contributed by atoms with Crippen LogP contribution in [0.4, 0.5) is 5.69 Å². The van der Waals surface area contributed by atoms with Crippen molar-refractivity contribution in [3.63, 3.8) is 0 Å². The number of hydrogen-bond donors (Lipinski definition) is 1. The fraction of sp³-hybridized carbons (Fsp3) is 0.182. The maximum absolute atomic E-state index is 12.6. The minimum Gasteiger partial charge on any atom is -0.497 e. The molecule has 29 heavy (non-hydrogen) atoms. The van der Waals surface area contributed by atoms with Crippen LogP contribution in [-0.4, -0.2) is 25.1 Å². The topological polar surface area (TPSA) is 73.9 Å². The van der Waals surface area contributed by atoms with E-state index in [1.54, 1.807) is 44.4 Å². The van der Waals surface area contributed by atoms with Crippen LogP contribution < -0.4 is 14.8 Å². The van der Waals surface area contributed by atoms with Crippen molar-refractivity contribution >= 4 is 28.9 Å². The number of esters is 1. The second-order valence-electron chi connectivity index (χ2n) is 6.52. The van der Waals surface area contributed by atoms with Crippen molar-refractivity contribution in [2.75, 3.05) is 12.4 Å². The van der Waals surface area contributed by atoms with Crippen LogP contribution in [0.1, 0.15) is 22.2 Å². The van der Waals surface area contributed by atoms with E-state index >= 15 is 0 Å². The first-order valence-corrected chi connectivity index (χ1v) is 9.87. The monoisotopic (exact) mass is 409 g/mol. The van der Waals surface area contributed by atoms with Crippen molar-refractivity contribution in [3.05, 3.63) is 65.0 Å². The molecule has 0 unspecified atom stereocenters. The molecule has 0 radical (unpaired) electrons. The number of amides is 1. The molecule has 0 saturated carbocycles. The van der Waals surface area contributed by atoms with Gasteiger partial charge < -0.3 is 19.5 Å². The first kappa shape index (κ1) is 19.0. The number of rotatable bonds is 5.